The van der Waals surface area contributed by atoms with Gasteiger partial charge in [-0.2, -0.15) is 5.10 Å². The Bertz CT molecular complexity index is 592. The molecular formula is C16H24N4O3. The van der Waals surface area contributed by atoms with Gasteiger partial charge in [0.15, 0.2) is 0 Å². The van der Waals surface area contributed by atoms with Crippen LogP contribution >= 0.6 is 0 Å². The highest BCUT2D eigenvalue weighted by Crippen LogP contribution is 2.41. The van der Waals surface area contributed by atoms with Crippen molar-refractivity contribution in [3.8, 4) is 0 Å². The third kappa shape index (κ3) is 3.33. The molecule has 0 spiro atoms. The number of nitrogens with one attached hydrogen (secondary N) is 1. The molecule has 1 aromatic rings. The van der Waals surface area contributed by atoms with Crippen molar-refractivity contribution >= 4 is 17.6 Å². The third-order valence-corrected chi connectivity index (χ3v) is 5.12. The van der Waals surface area contributed by atoms with E-state index in [1.807, 2.05) is 19.4 Å². The molecule has 0 bridgehead atoms. The van der Waals surface area contributed by atoms with Crippen LogP contribution in [0.5, 0.6) is 0 Å². The fourth-order valence-corrected chi connectivity index (χ4v) is 3.79. The molecule has 0 aromatic carbocycles. The zero-order valence-corrected chi connectivity index (χ0v) is 13.5. The number of aryl methyl sites for hydroxylation is 1. The van der Waals surface area contributed by atoms with Crippen molar-refractivity contribution in [1.29, 1.82) is 0 Å². The van der Waals surface area contributed by atoms with Crippen LogP contribution in [-0.2, 0) is 16.6 Å². The quantitative estimate of drug-likeness (QED) is 0.850. The minimum atomic E-state index is -0.842. The Morgan fingerprint density at radius 2 is 2.17 bits per heavy atom. The minimum Gasteiger partial charge on any atom is -0.481 e. The number of nitrogens with zero attached hydrogens (tertiary/aromatic N) is 3. The zero-order chi connectivity index (χ0) is 16.4. The van der Waals surface area contributed by atoms with Gasteiger partial charge in [0.1, 0.15) is 0 Å². The number of carbonyl (C=O) groups is 2. The Kier molecular flexibility index (Phi) is 4.28. The summed E-state index contributed by atoms with van der Waals surface area (Å²) in [6.45, 7) is 1.62. The Labute approximate surface area is 135 Å². The normalized spacial score (nSPS) is 23.2. The minimum absolute atomic E-state index is 0.0787. The summed E-state index contributed by atoms with van der Waals surface area (Å²) in [6, 6.07) is 0.0787. The molecule has 1 saturated heterocycles. The van der Waals surface area contributed by atoms with Gasteiger partial charge in [-0.25, -0.2) is 0 Å². The molecule has 2 heterocycles. The molecule has 23 heavy (non-hydrogen) atoms. The number of carbonyl (C=O) groups excluding carboxylic acids is 1. The van der Waals surface area contributed by atoms with Crippen LogP contribution in [0.1, 0.15) is 38.5 Å². The van der Waals surface area contributed by atoms with Gasteiger partial charge in [0.2, 0.25) is 5.91 Å². The molecule has 2 fully saturated rings. The number of anilines is 1. The van der Waals surface area contributed by atoms with Gasteiger partial charge < -0.3 is 15.3 Å². The molecule has 1 aliphatic heterocycles. The highest BCUT2D eigenvalue weighted by Gasteiger charge is 2.43. The van der Waals surface area contributed by atoms with E-state index in [2.05, 4.69) is 15.3 Å². The third-order valence-electron chi connectivity index (χ3n) is 5.12. The second-order valence-corrected chi connectivity index (χ2v) is 6.84. The lowest BCUT2D eigenvalue weighted by molar-refractivity contribution is -0.151. The molecular weight excluding hydrogens is 296 g/mol. The molecule has 1 aliphatic carbocycles. The molecule has 3 rings (SSSR count). The number of hydrogen-bond donors (Lipinski definition) is 2. The lowest BCUT2D eigenvalue weighted by Gasteiger charge is -2.24. The maximum Gasteiger partial charge on any atom is 0.310 e. The molecule has 2 aliphatic rings. The van der Waals surface area contributed by atoms with E-state index < -0.39 is 11.4 Å². The van der Waals surface area contributed by atoms with Gasteiger partial charge in [0.05, 0.1) is 17.3 Å². The van der Waals surface area contributed by atoms with Crippen LogP contribution in [-0.4, -0.2) is 45.9 Å². The topological polar surface area (TPSA) is 87.5 Å². The molecule has 1 atom stereocenters. The number of aliphatic carboxylic acids is 1. The van der Waals surface area contributed by atoms with E-state index in [0.717, 1.165) is 38.0 Å². The van der Waals surface area contributed by atoms with Crippen molar-refractivity contribution in [1.82, 2.24) is 15.1 Å². The first-order valence-corrected chi connectivity index (χ1v) is 8.25. The molecule has 2 N–H and O–H groups in total. The number of carboxylic acid groups (broad SMARTS) is 1. The van der Waals surface area contributed by atoms with Gasteiger partial charge in [-0.15, -0.1) is 0 Å². The molecule has 1 saturated carbocycles. The molecule has 0 radical (unpaired) electrons. The van der Waals surface area contributed by atoms with Gasteiger partial charge in [-0.3, -0.25) is 14.3 Å². The maximum atomic E-state index is 12.3. The number of aromatic nitrogens is 2. The highest BCUT2D eigenvalue weighted by atomic mass is 16.4. The highest BCUT2D eigenvalue weighted by molar-refractivity contribution is 5.85. The van der Waals surface area contributed by atoms with Gasteiger partial charge in [-0.05, 0) is 19.3 Å². The number of carboxylic acids is 1. The average molecular weight is 320 g/mol. The summed E-state index contributed by atoms with van der Waals surface area (Å²) in [7, 11) is 1.88. The predicted octanol–water partition coefficient (Wildman–Crippen LogP) is 1.15. The van der Waals surface area contributed by atoms with Gasteiger partial charge in [0.25, 0.3) is 0 Å². The van der Waals surface area contributed by atoms with Crippen LogP contribution in [0.25, 0.3) is 0 Å². The van der Waals surface area contributed by atoms with Crippen LogP contribution < -0.4 is 10.2 Å². The Balaban J connectivity index is 1.54. The second kappa shape index (κ2) is 6.22. The summed E-state index contributed by atoms with van der Waals surface area (Å²) in [5, 5.41) is 16.7. The summed E-state index contributed by atoms with van der Waals surface area (Å²) in [5.74, 6) is -0.958. The first-order chi connectivity index (χ1) is 11.0. The molecule has 1 unspecified atom stereocenters. The van der Waals surface area contributed by atoms with Crippen molar-refractivity contribution in [3.63, 3.8) is 0 Å². The summed E-state index contributed by atoms with van der Waals surface area (Å²) in [5.41, 5.74) is 0.216. The van der Waals surface area contributed by atoms with Crippen LogP contribution in [0.15, 0.2) is 12.4 Å². The Morgan fingerprint density at radius 3 is 2.78 bits per heavy atom. The van der Waals surface area contributed by atoms with E-state index in [1.54, 1.807) is 4.68 Å². The van der Waals surface area contributed by atoms with Crippen molar-refractivity contribution in [3.05, 3.63) is 12.4 Å². The van der Waals surface area contributed by atoms with Crippen LogP contribution in [0.2, 0.25) is 0 Å². The monoisotopic (exact) mass is 320 g/mol. The van der Waals surface area contributed by atoms with Gasteiger partial charge in [-0.1, -0.05) is 12.8 Å². The number of amides is 1. The van der Waals surface area contributed by atoms with Crippen molar-refractivity contribution in [2.75, 3.05) is 18.0 Å². The van der Waals surface area contributed by atoms with Gasteiger partial charge >= 0.3 is 5.97 Å². The number of hydrogen-bond acceptors (Lipinski definition) is 4. The first kappa shape index (κ1) is 15.8. The Hall–Kier alpha value is -2.05. The van der Waals surface area contributed by atoms with Crippen molar-refractivity contribution in [2.24, 2.45) is 12.5 Å². The molecule has 7 heteroatoms. The van der Waals surface area contributed by atoms with E-state index in [-0.39, 0.29) is 18.4 Å². The first-order valence-electron chi connectivity index (χ1n) is 8.25. The molecule has 1 amide bonds. The van der Waals surface area contributed by atoms with Crippen LogP contribution in [0.3, 0.4) is 0 Å². The van der Waals surface area contributed by atoms with Crippen molar-refractivity contribution < 1.29 is 14.7 Å². The Morgan fingerprint density at radius 1 is 1.43 bits per heavy atom. The maximum absolute atomic E-state index is 12.3. The summed E-state index contributed by atoms with van der Waals surface area (Å²) >= 11 is 0. The van der Waals surface area contributed by atoms with Gasteiger partial charge in [0, 0.05) is 38.8 Å². The predicted molar refractivity (Wildman–Crippen MR) is 85.1 cm³/mol. The van der Waals surface area contributed by atoms with Crippen LogP contribution in [0, 0.1) is 5.41 Å². The number of rotatable bonds is 5. The summed E-state index contributed by atoms with van der Waals surface area (Å²) < 4.78 is 1.76. The zero-order valence-electron chi connectivity index (χ0n) is 13.5. The fraction of sp³-hybridized carbons (Fsp3) is 0.688. The molecule has 1 aromatic heterocycles. The van der Waals surface area contributed by atoms with E-state index in [4.69, 9.17) is 0 Å². The fourth-order valence-electron chi connectivity index (χ4n) is 3.79. The molecule has 126 valence electrons. The largest absolute Gasteiger partial charge is 0.481 e. The van der Waals surface area contributed by atoms with Crippen LogP contribution in [0.4, 0.5) is 5.69 Å². The summed E-state index contributed by atoms with van der Waals surface area (Å²) in [6.07, 6.45) is 7.79. The summed E-state index contributed by atoms with van der Waals surface area (Å²) in [4.78, 5) is 26.0. The van der Waals surface area contributed by atoms with E-state index in [1.165, 1.54) is 0 Å². The SMILES string of the molecule is Cn1cc(N2CCC(NC(=O)CC3(C(=O)O)CCCC3)C2)cn1. The van der Waals surface area contributed by atoms with Crippen molar-refractivity contribution in [2.45, 2.75) is 44.6 Å². The lowest BCUT2D eigenvalue weighted by Crippen LogP contribution is -2.41. The average Bonchev–Trinajstić information content (AvgIpc) is 3.20. The van der Waals surface area contributed by atoms with E-state index >= 15 is 0 Å². The van der Waals surface area contributed by atoms with E-state index in [9.17, 15) is 14.7 Å². The van der Waals surface area contributed by atoms with E-state index in [0.29, 0.717) is 12.8 Å². The smallest absolute Gasteiger partial charge is 0.310 e. The standard InChI is InChI=1S/C16H24N4O3/c1-19-11-13(9-17-19)20-7-4-12(10-20)18-14(21)8-16(15(22)23)5-2-3-6-16/h9,11-12H,2-8,10H2,1H3,(H,18,21)(H,22,23). The second-order valence-electron chi connectivity index (χ2n) is 6.84. The molecule has 7 nitrogen and oxygen atoms in total. The lowest BCUT2D eigenvalue weighted by atomic mass is 9.82.